The second-order valence-corrected chi connectivity index (χ2v) is 10.5. The Hall–Kier alpha value is -2.96. The van der Waals surface area contributed by atoms with E-state index in [1.807, 2.05) is 0 Å². The van der Waals surface area contributed by atoms with Crippen molar-refractivity contribution in [3.63, 3.8) is 0 Å². The summed E-state index contributed by atoms with van der Waals surface area (Å²) < 4.78 is 10.4. The number of hydrogen-bond acceptors (Lipinski definition) is 6. The van der Waals surface area contributed by atoms with Gasteiger partial charge >= 0.3 is 5.97 Å². The lowest BCUT2D eigenvalue weighted by Gasteiger charge is -2.37. The van der Waals surface area contributed by atoms with Crippen LogP contribution in [0.1, 0.15) is 42.5 Å². The normalized spacial score (nSPS) is 37.3. The third-order valence-electron chi connectivity index (χ3n) is 8.85. The van der Waals surface area contributed by atoms with Gasteiger partial charge in [0.25, 0.3) is 0 Å². The van der Waals surface area contributed by atoms with Crippen molar-refractivity contribution in [2.24, 2.45) is 41.4 Å². The van der Waals surface area contributed by atoms with E-state index in [1.54, 1.807) is 36.3 Å². The Balaban J connectivity index is 1.03. The van der Waals surface area contributed by atoms with Crippen LogP contribution >= 0.6 is 0 Å². The number of likely N-dealkylation sites (tertiary alicyclic amines) is 1. The molecule has 1 aromatic rings. The number of benzene rings is 1. The standard InChI is InChI=1S/C27H29NO6/c1-33-17-8-4-14(5-9-17)22(29)13-34-27(32)15-2-6-16(7-3-15)28-25(30)23-18-10-11-19(21-12-20(18)21)24(23)26(28)31/h4-5,8-11,15-16,18-21,23-24H,2-3,6-7,12-13H2,1H3/t15?,16?,18-,19-,20-,21-,23+,24+/m1/s1. The molecule has 7 rings (SSSR count). The highest BCUT2D eigenvalue weighted by Crippen LogP contribution is 2.65. The molecule has 6 aliphatic rings. The third-order valence-corrected chi connectivity index (χ3v) is 8.85. The Morgan fingerprint density at radius 2 is 1.50 bits per heavy atom. The summed E-state index contributed by atoms with van der Waals surface area (Å²) in [5.74, 6) is 1.05. The second kappa shape index (κ2) is 8.07. The summed E-state index contributed by atoms with van der Waals surface area (Å²) in [5.41, 5.74) is 0.464. The lowest BCUT2D eigenvalue weighted by Crippen LogP contribution is -2.44. The Labute approximate surface area is 198 Å². The molecule has 0 aromatic heterocycles. The number of amides is 2. The topological polar surface area (TPSA) is 90.0 Å². The molecular weight excluding hydrogens is 434 g/mol. The number of imide groups is 1. The second-order valence-electron chi connectivity index (χ2n) is 10.5. The van der Waals surface area contributed by atoms with Gasteiger partial charge in [-0.05, 0) is 80.0 Å². The molecule has 0 radical (unpaired) electrons. The number of Topliss-reactive ketones (excluding diaryl/α,β-unsaturated/α-hetero) is 1. The first-order valence-electron chi connectivity index (χ1n) is 12.4. The minimum Gasteiger partial charge on any atom is -0.497 e. The summed E-state index contributed by atoms with van der Waals surface area (Å²) in [7, 11) is 1.55. The zero-order valence-corrected chi connectivity index (χ0v) is 19.2. The SMILES string of the molecule is COc1ccc(C(=O)COC(=O)C2CCC(N3C(=O)[C@H]4[C@@H]5C=C[C@H]([C@H]6C[C@H]56)[C@@H]4C3=O)CC2)cc1. The zero-order chi connectivity index (χ0) is 23.6. The van der Waals surface area contributed by atoms with Crippen LogP contribution in [0.15, 0.2) is 36.4 Å². The van der Waals surface area contributed by atoms with E-state index in [4.69, 9.17) is 9.47 Å². The van der Waals surface area contributed by atoms with Gasteiger partial charge in [0.05, 0.1) is 24.9 Å². The maximum atomic E-state index is 13.3. The van der Waals surface area contributed by atoms with Gasteiger partial charge in [0.15, 0.2) is 12.4 Å². The highest BCUT2D eigenvalue weighted by atomic mass is 16.5. The summed E-state index contributed by atoms with van der Waals surface area (Å²) in [6.45, 7) is -0.296. The van der Waals surface area contributed by atoms with Crippen LogP contribution < -0.4 is 4.74 Å². The van der Waals surface area contributed by atoms with Crippen LogP contribution in [0.3, 0.4) is 0 Å². The molecule has 1 saturated heterocycles. The molecule has 34 heavy (non-hydrogen) atoms. The number of allylic oxidation sites excluding steroid dienone is 2. The van der Waals surface area contributed by atoms with Crippen molar-refractivity contribution >= 4 is 23.6 Å². The van der Waals surface area contributed by atoms with Crippen molar-refractivity contribution < 1.29 is 28.7 Å². The average Bonchev–Trinajstić information content (AvgIpc) is 3.65. The van der Waals surface area contributed by atoms with Gasteiger partial charge in [-0.15, -0.1) is 0 Å². The first-order valence-corrected chi connectivity index (χ1v) is 12.4. The molecule has 2 amide bonds. The molecule has 0 N–H and O–H groups in total. The number of carbonyl (C=O) groups is 4. The zero-order valence-electron chi connectivity index (χ0n) is 19.2. The monoisotopic (exact) mass is 463 g/mol. The molecule has 3 saturated carbocycles. The van der Waals surface area contributed by atoms with Crippen molar-refractivity contribution in [1.82, 2.24) is 4.90 Å². The quantitative estimate of drug-likeness (QED) is 0.279. The minimum absolute atomic E-state index is 0.0100. The highest BCUT2D eigenvalue weighted by Gasteiger charge is 2.67. The first-order chi connectivity index (χ1) is 16.5. The molecule has 1 heterocycles. The van der Waals surface area contributed by atoms with Crippen molar-refractivity contribution in [3.8, 4) is 5.75 Å². The average molecular weight is 464 g/mol. The summed E-state index contributed by atoms with van der Waals surface area (Å²) in [6, 6.07) is 6.54. The van der Waals surface area contributed by atoms with E-state index in [0.29, 0.717) is 48.8 Å². The smallest absolute Gasteiger partial charge is 0.309 e. The fraction of sp³-hybridized carbons (Fsp3) is 0.556. The van der Waals surface area contributed by atoms with Gasteiger partial charge in [-0.1, -0.05) is 12.2 Å². The van der Waals surface area contributed by atoms with E-state index in [1.165, 1.54) is 0 Å². The fourth-order valence-electron chi connectivity index (χ4n) is 7.02. The number of nitrogens with zero attached hydrogens (tertiary/aromatic N) is 1. The van der Waals surface area contributed by atoms with Crippen molar-refractivity contribution in [3.05, 3.63) is 42.0 Å². The van der Waals surface area contributed by atoms with Gasteiger partial charge in [0.1, 0.15) is 5.75 Å². The molecular formula is C27H29NO6. The predicted molar refractivity (Wildman–Crippen MR) is 121 cm³/mol. The number of methoxy groups -OCH3 is 1. The van der Waals surface area contributed by atoms with Gasteiger partial charge in [-0.3, -0.25) is 24.1 Å². The maximum Gasteiger partial charge on any atom is 0.309 e. The van der Waals surface area contributed by atoms with Crippen LogP contribution in [-0.2, 0) is 19.1 Å². The van der Waals surface area contributed by atoms with E-state index < -0.39 is 0 Å². The molecule has 5 aliphatic carbocycles. The number of rotatable bonds is 6. The number of carbonyl (C=O) groups excluding carboxylic acids is 4. The Morgan fingerprint density at radius 1 is 0.912 bits per heavy atom. The first kappa shape index (κ1) is 21.6. The fourth-order valence-corrected chi connectivity index (χ4v) is 7.02. The highest BCUT2D eigenvalue weighted by molar-refractivity contribution is 6.06. The van der Waals surface area contributed by atoms with E-state index in [9.17, 15) is 19.2 Å². The van der Waals surface area contributed by atoms with Gasteiger partial charge in [0, 0.05) is 11.6 Å². The third kappa shape index (κ3) is 3.31. The molecule has 0 unspecified atom stereocenters. The summed E-state index contributed by atoms with van der Waals surface area (Å²) in [6.07, 6.45) is 7.87. The van der Waals surface area contributed by atoms with E-state index in [-0.39, 0.29) is 65.8 Å². The minimum atomic E-state index is -0.379. The van der Waals surface area contributed by atoms with Gasteiger partial charge in [0.2, 0.25) is 11.8 Å². The number of ketones is 1. The molecule has 4 fully saturated rings. The molecule has 1 aliphatic heterocycles. The largest absolute Gasteiger partial charge is 0.497 e. The van der Waals surface area contributed by atoms with Gasteiger partial charge in [-0.25, -0.2) is 0 Å². The maximum absolute atomic E-state index is 13.3. The molecule has 178 valence electrons. The Bertz CT molecular complexity index is 1030. The predicted octanol–water partition coefficient (Wildman–Crippen LogP) is 3.03. The van der Waals surface area contributed by atoms with Crippen LogP contribution in [0.2, 0.25) is 0 Å². The summed E-state index contributed by atoms with van der Waals surface area (Å²) in [5, 5.41) is 0. The Morgan fingerprint density at radius 3 is 2.06 bits per heavy atom. The Kier molecular flexibility index (Phi) is 5.12. The van der Waals surface area contributed by atoms with E-state index in [0.717, 1.165) is 6.42 Å². The summed E-state index contributed by atoms with van der Waals surface area (Å²) >= 11 is 0. The molecule has 0 spiro atoms. The van der Waals surface area contributed by atoms with E-state index in [2.05, 4.69) is 12.2 Å². The van der Waals surface area contributed by atoms with Crippen LogP contribution in [-0.4, -0.2) is 48.2 Å². The molecule has 2 bridgehead atoms. The van der Waals surface area contributed by atoms with Crippen molar-refractivity contribution in [1.29, 1.82) is 0 Å². The molecule has 7 nitrogen and oxygen atoms in total. The number of esters is 1. The van der Waals surface area contributed by atoms with Gasteiger partial charge < -0.3 is 9.47 Å². The van der Waals surface area contributed by atoms with Crippen molar-refractivity contribution in [2.45, 2.75) is 38.1 Å². The van der Waals surface area contributed by atoms with Gasteiger partial charge in [-0.2, -0.15) is 0 Å². The van der Waals surface area contributed by atoms with Crippen LogP contribution in [0.5, 0.6) is 5.75 Å². The van der Waals surface area contributed by atoms with Crippen LogP contribution in [0, 0.1) is 41.4 Å². The van der Waals surface area contributed by atoms with Crippen molar-refractivity contribution in [2.75, 3.05) is 13.7 Å². The van der Waals surface area contributed by atoms with Crippen LogP contribution in [0.4, 0.5) is 0 Å². The molecule has 6 atom stereocenters. The molecule has 1 aromatic carbocycles. The number of hydrogen-bond donors (Lipinski definition) is 0. The lowest BCUT2D eigenvalue weighted by atomic mass is 9.63. The van der Waals surface area contributed by atoms with E-state index >= 15 is 0 Å². The van der Waals surface area contributed by atoms with Crippen LogP contribution in [0.25, 0.3) is 0 Å². The summed E-state index contributed by atoms with van der Waals surface area (Å²) in [4.78, 5) is 53.1. The lowest BCUT2D eigenvalue weighted by molar-refractivity contribution is -0.149. The molecule has 7 heteroatoms. The number of ether oxygens (including phenoxy) is 2.